The van der Waals surface area contributed by atoms with Gasteiger partial charge in [0.2, 0.25) is 0 Å². The van der Waals surface area contributed by atoms with E-state index in [1.807, 2.05) is 47.4 Å². The summed E-state index contributed by atoms with van der Waals surface area (Å²) in [5, 5.41) is 3.51. The molecule has 0 radical (unpaired) electrons. The first-order valence-electron chi connectivity index (χ1n) is 8.51. The molecular weight excluding hydrogens is 312 g/mol. The first-order chi connectivity index (χ1) is 12.2. The average molecular weight is 332 g/mol. The topological polar surface area (TPSA) is 45.5 Å². The van der Waals surface area contributed by atoms with Crippen molar-refractivity contribution in [2.45, 2.75) is 25.4 Å². The van der Waals surface area contributed by atoms with Gasteiger partial charge in [0.25, 0.3) is 5.91 Å². The number of carbonyl (C=O) groups excluding carboxylic acids is 1. The first kappa shape index (κ1) is 15.5. The fraction of sp³-hybridized carbons (Fsp3) is 0.190. The van der Waals surface area contributed by atoms with Crippen molar-refractivity contribution in [3.8, 4) is 0 Å². The molecule has 1 aromatic heterocycles. The van der Waals surface area contributed by atoms with Gasteiger partial charge in [-0.2, -0.15) is 0 Å². The maximum Gasteiger partial charge on any atom is 0.294 e. The molecule has 4 nitrogen and oxygen atoms in total. The summed E-state index contributed by atoms with van der Waals surface area (Å²) in [6.07, 6.45) is 2.37. The van der Waals surface area contributed by atoms with Gasteiger partial charge < -0.3 is 9.73 Å². The standard InChI is InChI=1S/C21H20N2O2/c1-15-14-19(17-10-5-6-11-18(17)22-15)23(16-8-3-2-4-9-16)21(24)20-12-7-13-25-20/h2-13,15,19,22H,14H2,1H3/t15-,19-/m1/s1. The van der Waals surface area contributed by atoms with Gasteiger partial charge in [-0.05, 0) is 49.2 Å². The number of benzene rings is 2. The second-order valence-corrected chi connectivity index (χ2v) is 6.37. The lowest BCUT2D eigenvalue weighted by Gasteiger charge is -2.38. The maximum absolute atomic E-state index is 13.2. The highest BCUT2D eigenvalue weighted by Crippen LogP contribution is 2.39. The molecule has 126 valence electrons. The van der Waals surface area contributed by atoms with Crippen LogP contribution in [0.15, 0.2) is 77.4 Å². The van der Waals surface area contributed by atoms with Crippen LogP contribution >= 0.6 is 0 Å². The minimum atomic E-state index is -0.120. The number of para-hydroxylation sites is 2. The van der Waals surface area contributed by atoms with Crippen LogP contribution in [-0.2, 0) is 0 Å². The van der Waals surface area contributed by atoms with E-state index in [4.69, 9.17) is 4.42 Å². The molecule has 1 aliphatic rings. The minimum absolute atomic E-state index is 0.0487. The lowest BCUT2D eigenvalue weighted by Crippen LogP contribution is -2.40. The monoisotopic (exact) mass is 332 g/mol. The van der Waals surface area contributed by atoms with Crippen molar-refractivity contribution in [3.63, 3.8) is 0 Å². The molecule has 0 bridgehead atoms. The second-order valence-electron chi connectivity index (χ2n) is 6.37. The van der Waals surface area contributed by atoms with Gasteiger partial charge in [0.05, 0.1) is 12.3 Å². The van der Waals surface area contributed by atoms with Gasteiger partial charge >= 0.3 is 0 Å². The van der Waals surface area contributed by atoms with Crippen LogP contribution in [0.5, 0.6) is 0 Å². The van der Waals surface area contributed by atoms with Crippen molar-refractivity contribution in [1.82, 2.24) is 0 Å². The Morgan fingerprint density at radius 3 is 2.56 bits per heavy atom. The molecule has 2 heterocycles. The third kappa shape index (κ3) is 2.91. The van der Waals surface area contributed by atoms with Crippen LogP contribution in [0.2, 0.25) is 0 Å². The Labute approximate surface area is 147 Å². The molecule has 0 spiro atoms. The van der Waals surface area contributed by atoms with E-state index in [9.17, 15) is 4.79 Å². The number of fused-ring (bicyclic) bond motifs is 1. The van der Waals surface area contributed by atoms with Crippen molar-refractivity contribution in [2.24, 2.45) is 0 Å². The minimum Gasteiger partial charge on any atom is -0.459 e. The molecule has 1 aliphatic heterocycles. The lowest BCUT2D eigenvalue weighted by atomic mass is 9.91. The highest BCUT2D eigenvalue weighted by molar-refractivity contribution is 6.05. The summed E-state index contributed by atoms with van der Waals surface area (Å²) in [6, 6.07) is 21.7. The summed E-state index contributed by atoms with van der Waals surface area (Å²) in [5.41, 5.74) is 3.08. The lowest BCUT2D eigenvalue weighted by molar-refractivity contribution is 0.0947. The molecule has 4 heteroatoms. The van der Waals surface area contributed by atoms with Gasteiger partial charge in [-0.3, -0.25) is 9.69 Å². The average Bonchev–Trinajstić information content (AvgIpc) is 3.17. The zero-order chi connectivity index (χ0) is 17.2. The summed E-state index contributed by atoms with van der Waals surface area (Å²) in [7, 11) is 0. The van der Waals surface area contributed by atoms with E-state index in [1.54, 1.807) is 12.1 Å². The Bertz CT molecular complexity index is 859. The number of furan rings is 1. The molecule has 0 unspecified atom stereocenters. The molecule has 25 heavy (non-hydrogen) atoms. The van der Waals surface area contributed by atoms with Crippen molar-refractivity contribution >= 4 is 17.3 Å². The van der Waals surface area contributed by atoms with Gasteiger partial charge in [-0.25, -0.2) is 0 Å². The Morgan fingerprint density at radius 1 is 1.04 bits per heavy atom. The number of anilines is 2. The van der Waals surface area contributed by atoms with E-state index in [1.165, 1.54) is 6.26 Å². The molecule has 4 rings (SSSR count). The zero-order valence-electron chi connectivity index (χ0n) is 14.1. The summed E-state index contributed by atoms with van der Waals surface area (Å²) in [5.74, 6) is 0.234. The molecule has 0 aliphatic carbocycles. The van der Waals surface area contributed by atoms with E-state index in [2.05, 4.69) is 24.4 Å². The summed E-state index contributed by atoms with van der Waals surface area (Å²) in [4.78, 5) is 15.1. The van der Waals surface area contributed by atoms with Crippen LogP contribution in [0.25, 0.3) is 0 Å². The van der Waals surface area contributed by atoms with Crippen LogP contribution in [0.4, 0.5) is 11.4 Å². The summed E-state index contributed by atoms with van der Waals surface area (Å²) >= 11 is 0. The Morgan fingerprint density at radius 2 is 1.80 bits per heavy atom. The van der Waals surface area contributed by atoms with E-state index < -0.39 is 0 Å². The number of carbonyl (C=O) groups is 1. The quantitative estimate of drug-likeness (QED) is 0.744. The number of hydrogen-bond acceptors (Lipinski definition) is 3. The third-order valence-electron chi connectivity index (χ3n) is 4.60. The molecule has 1 amide bonds. The Balaban J connectivity index is 1.83. The number of rotatable bonds is 3. The van der Waals surface area contributed by atoms with Gasteiger partial charge in [0, 0.05) is 17.4 Å². The number of amides is 1. The smallest absolute Gasteiger partial charge is 0.294 e. The molecular formula is C21H20N2O2. The summed E-state index contributed by atoms with van der Waals surface area (Å²) in [6.45, 7) is 2.14. The van der Waals surface area contributed by atoms with Crippen molar-refractivity contribution in [3.05, 3.63) is 84.3 Å². The molecule has 1 N–H and O–H groups in total. The predicted molar refractivity (Wildman–Crippen MR) is 98.8 cm³/mol. The zero-order valence-corrected chi connectivity index (χ0v) is 14.1. The SMILES string of the molecule is C[C@@H]1C[C@@H](N(C(=O)c2ccco2)c2ccccc2)c2ccccc2N1. The normalized spacial score (nSPS) is 18.9. The first-order valence-corrected chi connectivity index (χ1v) is 8.51. The number of nitrogens with zero attached hydrogens (tertiary/aromatic N) is 1. The van der Waals surface area contributed by atoms with Gasteiger partial charge in [0.15, 0.2) is 5.76 Å². The second kappa shape index (κ2) is 6.48. The van der Waals surface area contributed by atoms with Crippen LogP contribution < -0.4 is 10.2 Å². The van der Waals surface area contributed by atoms with Crippen LogP contribution in [0.1, 0.15) is 35.5 Å². The molecule has 2 atom stereocenters. The van der Waals surface area contributed by atoms with E-state index in [-0.39, 0.29) is 18.0 Å². The van der Waals surface area contributed by atoms with Gasteiger partial charge in [0.1, 0.15) is 0 Å². The predicted octanol–water partition coefficient (Wildman–Crippen LogP) is 4.87. The fourth-order valence-electron chi connectivity index (χ4n) is 3.50. The molecule has 0 fully saturated rings. The molecule has 2 aromatic carbocycles. The largest absolute Gasteiger partial charge is 0.459 e. The van der Waals surface area contributed by atoms with Gasteiger partial charge in [-0.1, -0.05) is 36.4 Å². The Kier molecular flexibility index (Phi) is 4.02. The van der Waals surface area contributed by atoms with Crippen LogP contribution in [0, 0.1) is 0 Å². The van der Waals surface area contributed by atoms with E-state index in [0.717, 1.165) is 23.4 Å². The highest BCUT2D eigenvalue weighted by atomic mass is 16.3. The number of hydrogen-bond donors (Lipinski definition) is 1. The van der Waals surface area contributed by atoms with Crippen molar-refractivity contribution in [2.75, 3.05) is 10.2 Å². The van der Waals surface area contributed by atoms with Crippen molar-refractivity contribution in [1.29, 1.82) is 0 Å². The van der Waals surface area contributed by atoms with Gasteiger partial charge in [-0.15, -0.1) is 0 Å². The maximum atomic E-state index is 13.2. The van der Waals surface area contributed by atoms with Crippen LogP contribution in [-0.4, -0.2) is 11.9 Å². The summed E-state index contributed by atoms with van der Waals surface area (Å²) < 4.78 is 5.40. The van der Waals surface area contributed by atoms with Crippen molar-refractivity contribution < 1.29 is 9.21 Å². The van der Waals surface area contributed by atoms with E-state index in [0.29, 0.717) is 5.76 Å². The number of nitrogens with one attached hydrogen (secondary N) is 1. The fourth-order valence-corrected chi connectivity index (χ4v) is 3.50. The molecule has 3 aromatic rings. The molecule has 0 saturated heterocycles. The highest BCUT2D eigenvalue weighted by Gasteiger charge is 2.34. The molecule has 0 saturated carbocycles. The van der Waals surface area contributed by atoms with E-state index >= 15 is 0 Å². The van der Waals surface area contributed by atoms with Crippen LogP contribution in [0.3, 0.4) is 0 Å². The third-order valence-corrected chi connectivity index (χ3v) is 4.60. The Hall–Kier alpha value is -3.01.